The van der Waals surface area contributed by atoms with E-state index < -0.39 is 0 Å². The van der Waals surface area contributed by atoms with Crippen molar-refractivity contribution >= 4 is 5.78 Å². The third kappa shape index (κ3) is 3.92. The van der Waals surface area contributed by atoms with Crippen LogP contribution in [0.15, 0.2) is 24.3 Å². The molecule has 0 aromatic heterocycles. The summed E-state index contributed by atoms with van der Waals surface area (Å²) in [6.45, 7) is 8.36. The highest BCUT2D eigenvalue weighted by Gasteiger charge is 2.24. The summed E-state index contributed by atoms with van der Waals surface area (Å²) in [6.07, 6.45) is 4.67. The smallest absolute Gasteiger partial charge is 0.176 e. The quantitative estimate of drug-likeness (QED) is 0.757. The van der Waals surface area contributed by atoms with Crippen LogP contribution >= 0.6 is 0 Å². The highest BCUT2D eigenvalue weighted by atomic mass is 16.1. The standard InChI is InChI=1S/C18H27NO/c1-4-5-16-6-8-17(9-7-16)18(20)13-19-11-10-14(2)12-15(19)3/h6-9,14-15H,4-5,10-13H2,1-3H3. The van der Waals surface area contributed by atoms with Crippen molar-refractivity contribution in [3.8, 4) is 0 Å². The molecule has 2 nitrogen and oxygen atoms in total. The Morgan fingerprint density at radius 1 is 1.25 bits per heavy atom. The summed E-state index contributed by atoms with van der Waals surface area (Å²) >= 11 is 0. The molecule has 110 valence electrons. The molecule has 1 heterocycles. The topological polar surface area (TPSA) is 20.3 Å². The van der Waals surface area contributed by atoms with Gasteiger partial charge < -0.3 is 0 Å². The van der Waals surface area contributed by atoms with Crippen LogP contribution in [0.2, 0.25) is 0 Å². The average Bonchev–Trinajstić information content (AvgIpc) is 2.43. The van der Waals surface area contributed by atoms with E-state index >= 15 is 0 Å². The van der Waals surface area contributed by atoms with Gasteiger partial charge in [0.15, 0.2) is 5.78 Å². The molecule has 20 heavy (non-hydrogen) atoms. The molecule has 1 aromatic carbocycles. The van der Waals surface area contributed by atoms with E-state index in [-0.39, 0.29) is 5.78 Å². The van der Waals surface area contributed by atoms with Gasteiger partial charge in [-0.15, -0.1) is 0 Å². The van der Waals surface area contributed by atoms with E-state index in [0.717, 1.165) is 30.9 Å². The van der Waals surface area contributed by atoms with Crippen molar-refractivity contribution in [1.29, 1.82) is 0 Å². The molecule has 2 rings (SSSR count). The van der Waals surface area contributed by atoms with Gasteiger partial charge in [-0.25, -0.2) is 0 Å². The summed E-state index contributed by atoms with van der Waals surface area (Å²) in [6, 6.07) is 8.70. The summed E-state index contributed by atoms with van der Waals surface area (Å²) in [7, 11) is 0. The molecule has 1 saturated heterocycles. The zero-order valence-corrected chi connectivity index (χ0v) is 13.1. The second-order valence-electron chi connectivity index (χ2n) is 6.32. The molecular weight excluding hydrogens is 246 g/mol. The first-order valence-electron chi connectivity index (χ1n) is 7.96. The Labute approximate surface area is 123 Å². The van der Waals surface area contributed by atoms with Crippen molar-refractivity contribution < 1.29 is 4.79 Å². The van der Waals surface area contributed by atoms with E-state index in [9.17, 15) is 4.79 Å². The number of piperidine rings is 1. The maximum Gasteiger partial charge on any atom is 0.176 e. The zero-order valence-electron chi connectivity index (χ0n) is 13.1. The lowest BCUT2D eigenvalue weighted by molar-refractivity contribution is 0.0816. The zero-order chi connectivity index (χ0) is 14.5. The minimum atomic E-state index is 0.259. The van der Waals surface area contributed by atoms with Gasteiger partial charge in [-0.3, -0.25) is 9.69 Å². The molecule has 1 fully saturated rings. The number of likely N-dealkylation sites (tertiary alicyclic amines) is 1. The number of Topliss-reactive ketones (excluding diaryl/α,β-unsaturated/α-hetero) is 1. The maximum absolute atomic E-state index is 12.4. The van der Waals surface area contributed by atoms with Crippen molar-refractivity contribution in [3.05, 3.63) is 35.4 Å². The summed E-state index contributed by atoms with van der Waals surface area (Å²) in [5, 5.41) is 0. The molecule has 0 bridgehead atoms. The molecule has 0 aliphatic carbocycles. The molecule has 1 aliphatic heterocycles. The van der Waals surface area contributed by atoms with Crippen molar-refractivity contribution in [3.63, 3.8) is 0 Å². The molecular formula is C18H27NO. The number of ketones is 1. The second-order valence-corrected chi connectivity index (χ2v) is 6.32. The van der Waals surface area contributed by atoms with Gasteiger partial charge in [0, 0.05) is 11.6 Å². The van der Waals surface area contributed by atoms with E-state index in [0.29, 0.717) is 12.6 Å². The highest BCUT2D eigenvalue weighted by Crippen LogP contribution is 2.22. The van der Waals surface area contributed by atoms with Gasteiger partial charge in [0.05, 0.1) is 6.54 Å². The van der Waals surface area contributed by atoms with Gasteiger partial charge in [-0.05, 0) is 44.2 Å². The Balaban J connectivity index is 1.94. The molecule has 0 N–H and O–H groups in total. The van der Waals surface area contributed by atoms with E-state index in [1.165, 1.54) is 18.4 Å². The SMILES string of the molecule is CCCc1ccc(C(=O)CN2CCC(C)CC2C)cc1. The second kappa shape index (κ2) is 7.03. The van der Waals surface area contributed by atoms with Crippen LogP contribution in [0.1, 0.15) is 56.0 Å². The number of nitrogens with zero attached hydrogens (tertiary/aromatic N) is 1. The first-order valence-corrected chi connectivity index (χ1v) is 7.96. The van der Waals surface area contributed by atoms with Crippen molar-refractivity contribution in [2.45, 2.75) is 52.5 Å². The maximum atomic E-state index is 12.4. The van der Waals surface area contributed by atoms with E-state index in [1.807, 2.05) is 12.1 Å². The van der Waals surface area contributed by atoms with Gasteiger partial charge in [-0.2, -0.15) is 0 Å². The highest BCUT2D eigenvalue weighted by molar-refractivity contribution is 5.97. The van der Waals surface area contributed by atoms with Gasteiger partial charge in [-0.1, -0.05) is 44.5 Å². The Bertz CT molecular complexity index is 437. The fraction of sp³-hybridized carbons (Fsp3) is 0.611. The lowest BCUT2D eigenvalue weighted by atomic mass is 9.93. The normalized spacial score (nSPS) is 23.8. The Morgan fingerprint density at radius 2 is 1.95 bits per heavy atom. The fourth-order valence-electron chi connectivity index (χ4n) is 3.11. The van der Waals surface area contributed by atoms with Gasteiger partial charge in [0.1, 0.15) is 0 Å². The molecule has 0 saturated carbocycles. The van der Waals surface area contributed by atoms with Gasteiger partial charge in [0.2, 0.25) is 0 Å². The Hall–Kier alpha value is -1.15. The lowest BCUT2D eigenvalue weighted by Crippen LogP contribution is -2.43. The van der Waals surface area contributed by atoms with Crippen molar-refractivity contribution in [2.24, 2.45) is 5.92 Å². The molecule has 1 aliphatic rings. The predicted octanol–water partition coefficient (Wildman–Crippen LogP) is 3.94. The third-order valence-corrected chi connectivity index (χ3v) is 4.44. The number of rotatable bonds is 5. The van der Waals surface area contributed by atoms with Crippen LogP contribution in [0.4, 0.5) is 0 Å². The number of carbonyl (C=O) groups excluding carboxylic acids is 1. The molecule has 2 heteroatoms. The number of hydrogen-bond acceptors (Lipinski definition) is 2. The summed E-state index contributed by atoms with van der Waals surface area (Å²) in [4.78, 5) is 14.7. The van der Waals surface area contributed by atoms with E-state index in [4.69, 9.17) is 0 Å². The minimum Gasteiger partial charge on any atom is -0.293 e. The number of carbonyl (C=O) groups is 1. The molecule has 1 aromatic rings. The average molecular weight is 273 g/mol. The van der Waals surface area contributed by atoms with Crippen LogP contribution in [-0.2, 0) is 6.42 Å². The number of hydrogen-bond donors (Lipinski definition) is 0. The Morgan fingerprint density at radius 3 is 2.55 bits per heavy atom. The third-order valence-electron chi connectivity index (χ3n) is 4.44. The first kappa shape index (κ1) is 15.2. The van der Waals surface area contributed by atoms with Crippen LogP contribution in [0.25, 0.3) is 0 Å². The van der Waals surface area contributed by atoms with Crippen LogP contribution in [-0.4, -0.2) is 29.8 Å². The molecule has 2 atom stereocenters. The first-order chi connectivity index (χ1) is 9.60. The summed E-state index contributed by atoms with van der Waals surface area (Å²) < 4.78 is 0. The number of benzene rings is 1. The summed E-state index contributed by atoms with van der Waals surface area (Å²) in [5.41, 5.74) is 2.18. The molecule has 2 unspecified atom stereocenters. The lowest BCUT2D eigenvalue weighted by Gasteiger charge is -2.35. The molecule has 0 amide bonds. The van der Waals surface area contributed by atoms with Gasteiger partial charge >= 0.3 is 0 Å². The summed E-state index contributed by atoms with van der Waals surface area (Å²) in [5.74, 6) is 1.05. The van der Waals surface area contributed by atoms with E-state index in [1.54, 1.807) is 0 Å². The van der Waals surface area contributed by atoms with Crippen LogP contribution in [0.5, 0.6) is 0 Å². The number of aryl methyl sites for hydroxylation is 1. The van der Waals surface area contributed by atoms with Crippen LogP contribution in [0, 0.1) is 5.92 Å². The van der Waals surface area contributed by atoms with E-state index in [2.05, 4.69) is 37.8 Å². The van der Waals surface area contributed by atoms with Crippen LogP contribution < -0.4 is 0 Å². The molecule has 0 spiro atoms. The monoisotopic (exact) mass is 273 g/mol. The predicted molar refractivity (Wildman–Crippen MR) is 84.2 cm³/mol. The fourth-order valence-corrected chi connectivity index (χ4v) is 3.11. The largest absolute Gasteiger partial charge is 0.293 e. The van der Waals surface area contributed by atoms with Crippen LogP contribution in [0.3, 0.4) is 0 Å². The van der Waals surface area contributed by atoms with Crippen molar-refractivity contribution in [1.82, 2.24) is 4.90 Å². The minimum absolute atomic E-state index is 0.259. The Kier molecular flexibility index (Phi) is 5.36. The van der Waals surface area contributed by atoms with Gasteiger partial charge in [0.25, 0.3) is 0 Å². The van der Waals surface area contributed by atoms with Crippen molar-refractivity contribution in [2.75, 3.05) is 13.1 Å². The molecule has 0 radical (unpaired) electrons.